The summed E-state index contributed by atoms with van der Waals surface area (Å²) in [6.45, 7) is 1.11. The molecule has 2 aromatic carbocycles. The van der Waals surface area contributed by atoms with Gasteiger partial charge in [0.25, 0.3) is 0 Å². The minimum Gasteiger partial charge on any atom is -0.395 e. The van der Waals surface area contributed by atoms with Crippen LogP contribution in [0, 0.1) is 0 Å². The predicted molar refractivity (Wildman–Crippen MR) is 81.4 cm³/mol. The summed E-state index contributed by atoms with van der Waals surface area (Å²) in [5.74, 6) is 0. The Bertz CT molecular complexity index is 572. The quantitative estimate of drug-likeness (QED) is 0.831. The maximum atomic E-state index is 11.2. The molecular formula is C16H16ClNO2. The molecule has 1 N–H and O–H groups in total. The molecule has 0 aliphatic carbocycles. The summed E-state index contributed by atoms with van der Waals surface area (Å²) in [5, 5.41) is 9.77. The van der Waals surface area contributed by atoms with E-state index in [4.69, 9.17) is 11.6 Å². The summed E-state index contributed by atoms with van der Waals surface area (Å²) in [5.41, 5.74) is 2.43. The third kappa shape index (κ3) is 3.59. The van der Waals surface area contributed by atoms with Crippen molar-refractivity contribution in [2.45, 2.75) is 6.54 Å². The minimum absolute atomic E-state index is 0.0216. The van der Waals surface area contributed by atoms with Crippen LogP contribution in [0.1, 0.15) is 15.9 Å². The van der Waals surface area contributed by atoms with Crippen LogP contribution in [0.2, 0.25) is 5.02 Å². The van der Waals surface area contributed by atoms with E-state index in [0.29, 0.717) is 23.7 Å². The molecule has 0 amide bonds. The molecule has 3 nitrogen and oxygen atoms in total. The number of carbonyl (C=O) groups excluding carboxylic acids is 1. The number of aliphatic hydroxyl groups excluding tert-OH is 1. The Balaban J connectivity index is 2.31. The topological polar surface area (TPSA) is 40.5 Å². The Hall–Kier alpha value is -1.84. The van der Waals surface area contributed by atoms with Crippen LogP contribution in [0.25, 0.3) is 0 Å². The molecule has 104 valence electrons. The van der Waals surface area contributed by atoms with Crippen LogP contribution in [0.15, 0.2) is 48.5 Å². The van der Waals surface area contributed by atoms with Crippen LogP contribution >= 0.6 is 11.6 Å². The van der Waals surface area contributed by atoms with E-state index in [-0.39, 0.29) is 6.61 Å². The van der Waals surface area contributed by atoms with Crippen molar-refractivity contribution >= 4 is 23.6 Å². The maximum Gasteiger partial charge on any atom is 0.152 e. The van der Waals surface area contributed by atoms with Crippen molar-refractivity contribution in [2.75, 3.05) is 18.1 Å². The van der Waals surface area contributed by atoms with Gasteiger partial charge >= 0.3 is 0 Å². The van der Waals surface area contributed by atoms with Crippen molar-refractivity contribution in [3.8, 4) is 0 Å². The summed E-state index contributed by atoms with van der Waals surface area (Å²) < 4.78 is 0. The monoisotopic (exact) mass is 289 g/mol. The van der Waals surface area contributed by atoms with Crippen molar-refractivity contribution in [3.05, 3.63) is 64.7 Å². The number of rotatable bonds is 6. The van der Waals surface area contributed by atoms with E-state index < -0.39 is 0 Å². The van der Waals surface area contributed by atoms with Crippen molar-refractivity contribution in [2.24, 2.45) is 0 Å². The van der Waals surface area contributed by atoms with Gasteiger partial charge in [-0.2, -0.15) is 0 Å². The summed E-state index contributed by atoms with van der Waals surface area (Å²) in [6, 6.07) is 15.1. The van der Waals surface area contributed by atoms with Crippen molar-refractivity contribution in [1.29, 1.82) is 0 Å². The van der Waals surface area contributed by atoms with Gasteiger partial charge in [-0.05, 0) is 23.8 Å². The molecule has 0 aliphatic heterocycles. The van der Waals surface area contributed by atoms with E-state index in [0.717, 1.165) is 17.5 Å². The summed E-state index contributed by atoms with van der Waals surface area (Å²) in [6.07, 6.45) is 0.788. The largest absolute Gasteiger partial charge is 0.395 e. The van der Waals surface area contributed by atoms with Crippen LogP contribution < -0.4 is 4.90 Å². The third-order valence-electron chi connectivity index (χ3n) is 3.04. The second-order valence-corrected chi connectivity index (χ2v) is 4.89. The first-order chi connectivity index (χ1) is 9.74. The van der Waals surface area contributed by atoms with Gasteiger partial charge in [-0.3, -0.25) is 4.79 Å². The SMILES string of the molecule is O=Cc1cc(Cl)ccc1N(CCO)Cc1ccccc1. The molecule has 0 spiro atoms. The highest BCUT2D eigenvalue weighted by Gasteiger charge is 2.11. The summed E-state index contributed by atoms with van der Waals surface area (Å²) in [4.78, 5) is 13.2. The fourth-order valence-corrected chi connectivity index (χ4v) is 2.30. The van der Waals surface area contributed by atoms with E-state index in [1.54, 1.807) is 12.1 Å². The zero-order chi connectivity index (χ0) is 14.4. The molecule has 0 aromatic heterocycles. The van der Waals surface area contributed by atoms with Crippen LogP contribution in [-0.4, -0.2) is 24.5 Å². The lowest BCUT2D eigenvalue weighted by Crippen LogP contribution is -2.27. The summed E-state index contributed by atoms with van der Waals surface area (Å²) in [7, 11) is 0. The fraction of sp³-hybridized carbons (Fsp3) is 0.188. The Morgan fingerprint density at radius 2 is 1.90 bits per heavy atom. The van der Waals surface area contributed by atoms with Gasteiger partial charge in [-0.15, -0.1) is 0 Å². The van der Waals surface area contributed by atoms with E-state index in [1.165, 1.54) is 0 Å². The predicted octanol–water partition coefficient (Wildman–Crippen LogP) is 3.15. The fourth-order valence-electron chi connectivity index (χ4n) is 2.12. The molecule has 2 aromatic rings. The summed E-state index contributed by atoms with van der Waals surface area (Å²) >= 11 is 5.91. The highest BCUT2D eigenvalue weighted by Crippen LogP contribution is 2.24. The van der Waals surface area contributed by atoms with Gasteiger partial charge in [0.2, 0.25) is 0 Å². The molecule has 0 unspecified atom stereocenters. The van der Waals surface area contributed by atoms with Crippen molar-refractivity contribution < 1.29 is 9.90 Å². The number of hydrogen-bond acceptors (Lipinski definition) is 3. The first-order valence-corrected chi connectivity index (χ1v) is 6.77. The standard InChI is InChI=1S/C16H16ClNO2/c17-15-6-7-16(14(10-15)12-20)18(8-9-19)11-13-4-2-1-3-5-13/h1-7,10,12,19H,8-9,11H2. The maximum absolute atomic E-state index is 11.2. The van der Waals surface area contributed by atoms with Crippen LogP contribution in [0.5, 0.6) is 0 Å². The lowest BCUT2D eigenvalue weighted by molar-refractivity contribution is 0.112. The van der Waals surface area contributed by atoms with Crippen LogP contribution in [-0.2, 0) is 6.54 Å². The molecule has 4 heteroatoms. The number of aldehydes is 1. The van der Waals surface area contributed by atoms with Gasteiger partial charge in [-0.1, -0.05) is 41.9 Å². The second-order valence-electron chi connectivity index (χ2n) is 4.45. The van der Waals surface area contributed by atoms with E-state index in [9.17, 15) is 9.90 Å². The Labute approximate surface area is 123 Å². The van der Waals surface area contributed by atoms with Gasteiger partial charge in [-0.25, -0.2) is 0 Å². The third-order valence-corrected chi connectivity index (χ3v) is 3.28. The molecular weight excluding hydrogens is 274 g/mol. The highest BCUT2D eigenvalue weighted by molar-refractivity contribution is 6.31. The molecule has 0 atom stereocenters. The van der Waals surface area contributed by atoms with E-state index in [2.05, 4.69) is 0 Å². The molecule has 20 heavy (non-hydrogen) atoms. The highest BCUT2D eigenvalue weighted by atomic mass is 35.5. The lowest BCUT2D eigenvalue weighted by atomic mass is 10.1. The number of aliphatic hydroxyl groups is 1. The Morgan fingerprint density at radius 3 is 2.55 bits per heavy atom. The van der Waals surface area contributed by atoms with Crippen LogP contribution in [0.3, 0.4) is 0 Å². The number of hydrogen-bond donors (Lipinski definition) is 1. The van der Waals surface area contributed by atoms with Gasteiger partial charge in [0.1, 0.15) is 0 Å². The molecule has 0 bridgehead atoms. The number of nitrogens with zero attached hydrogens (tertiary/aromatic N) is 1. The van der Waals surface area contributed by atoms with E-state index in [1.807, 2.05) is 41.3 Å². The smallest absolute Gasteiger partial charge is 0.152 e. The number of halogens is 1. The lowest BCUT2D eigenvalue weighted by Gasteiger charge is -2.25. The minimum atomic E-state index is 0.0216. The molecule has 0 heterocycles. The van der Waals surface area contributed by atoms with Gasteiger partial charge in [0, 0.05) is 29.4 Å². The Kier molecular flexibility index (Phi) is 5.16. The number of carbonyl (C=O) groups is 1. The average Bonchev–Trinajstić information content (AvgIpc) is 2.48. The zero-order valence-corrected chi connectivity index (χ0v) is 11.8. The van der Waals surface area contributed by atoms with Crippen LogP contribution in [0.4, 0.5) is 5.69 Å². The van der Waals surface area contributed by atoms with Gasteiger partial charge < -0.3 is 10.0 Å². The number of anilines is 1. The average molecular weight is 290 g/mol. The first-order valence-electron chi connectivity index (χ1n) is 6.39. The number of benzene rings is 2. The molecule has 2 rings (SSSR count). The second kappa shape index (κ2) is 7.08. The Morgan fingerprint density at radius 1 is 1.15 bits per heavy atom. The van der Waals surface area contributed by atoms with Gasteiger partial charge in [0.05, 0.1) is 6.61 Å². The van der Waals surface area contributed by atoms with Crippen molar-refractivity contribution in [3.63, 3.8) is 0 Å². The molecule has 0 saturated heterocycles. The van der Waals surface area contributed by atoms with Crippen molar-refractivity contribution in [1.82, 2.24) is 0 Å². The normalized spacial score (nSPS) is 10.3. The van der Waals surface area contributed by atoms with E-state index >= 15 is 0 Å². The first kappa shape index (κ1) is 14.6. The molecule has 0 radical (unpaired) electrons. The molecule has 0 saturated carbocycles. The molecule has 0 aliphatic rings. The van der Waals surface area contributed by atoms with Gasteiger partial charge in [0.15, 0.2) is 6.29 Å². The molecule has 0 fully saturated rings. The zero-order valence-electron chi connectivity index (χ0n) is 11.0.